The van der Waals surface area contributed by atoms with Crippen LogP contribution in [0.5, 0.6) is 17.2 Å². The van der Waals surface area contributed by atoms with E-state index >= 15 is 0 Å². The summed E-state index contributed by atoms with van der Waals surface area (Å²) in [7, 11) is 0. The fourth-order valence-electron chi connectivity index (χ4n) is 2.72. The molecule has 0 saturated carbocycles. The number of hydrogen-bond acceptors (Lipinski definition) is 3. The van der Waals surface area contributed by atoms with E-state index in [1.165, 1.54) is 23.3 Å². The number of aromatic hydroxyl groups is 3. The Morgan fingerprint density at radius 2 is 1.10 bits per heavy atom. The van der Waals surface area contributed by atoms with Crippen LogP contribution < -0.4 is 0 Å². The summed E-state index contributed by atoms with van der Waals surface area (Å²) in [6, 6.07) is 6.87. The second-order valence-corrected chi connectivity index (χ2v) is 5.20. The molecule has 0 aliphatic rings. The first-order valence-corrected chi connectivity index (χ1v) is 7.41. The molecule has 0 spiro atoms. The van der Waals surface area contributed by atoms with Crippen LogP contribution in [0.1, 0.15) is 37.5 Å². The first-order valence-electron chi connectivity index (χ1n) is 7.41. The molecule has 0 unspecified atom stereocenters. The van der Waals surface area contributed by atoms with E-state index < -0.39 is 0 Å². The van der Waals surface area contributed by atoms with Gasteiger partial charge in [-0.25, -0.2) is 0 Å². The van der Waals surface area contributed by atoms with Crippen molar-refractivity contribution < 1.29 is 15.3 Å². The lowest BCUT2D eigenvalue weighted by molar-refractivity contribution is 0.397. The number of benzene rings is 2. The maximum Gasteiger partial charge on any atom is 0.161 e. The Bertz CT molecular complexity index is 660. The van der Waals surface area contributed by atoms with Gasteiger partial charge in [-0.1, -0.05) is 32.9 Å². The summed E-state index contributed by atoms with van der Waals surface area (Å²) < 4.78 is 0. The van der Waals surface area contributed by atoms with E-state index in [1.54, 1.807) is 0 Å². The molecule has 21 heavy (non-hydrogen) atoms. The van der Waals surface area contributed by atoms with Gasteiger partial charge in [0, 0.05) is 11.6 Å². The molecule has 3 N–H and O–H groups in total. The molecule has 0 aliphatic carbocycles. The Kier molecular flexibility index (Phi) is 4.41. The summed E-state index contributed by atoms with van der Waals surface area (Å²) in [5, 5.41) is 29.3. The Hall–Kier alpha value is -2.16. The minimum atomic E-state index is -0.310. The molecule has 2 aromatic rings. The van der Waals surface area contributed by atoms with Gasteiger partial charge in [-0.3, -0.25) is 0 Å². The van der Waals surface area contributed by atoms with Crippen LogP contribution in [0.2, 0.25) is 0 Å². The third-order valence-corrected chi connectivity index (χ3v) is 3.95. The smallest absolute Gasteiger partial charge is 0.161 e. The summed E-state index contributed by atoms with van der Waals surface area (Å²) in [4.78, 5) is 0. The number of aryl methyl sites for hydroxylation is 3. The highest BCUT2D eigenvalue weighted by atomic mass is 16.3. The molecule has 0 fully saturated rings. The second kappa shape index (κ2) is 6.08. The molecule has 0 aromatic heterocycles. The van der Waals surface area contributed by atoms with Crippen molar-refractivity contribution in [2.75, 3.05) is 0 Å². The normalized spacial score (nSPS) is 10.8. The van der Waals surface area contributed by atoms with Gasteiger partial charge in [0.2, 0.25) is 0 Å². The van der Waals surface area contributed by atoms with Crippen LogP contribution in [-0.2, 0) is 19.3 Å². The van der Waals surface area contributed by atoms with Crippen LogP contribution >= 0.6 is 0 Å². The average molecular weight is 286 g/mol. The maximum absolute atomic E-state index is 10.1. The van der Waals surface area contributed by atoms with Crippen molar-refractivity contribution in [2.24, 2.45) is 0 Å². The topological polar surface area (TPSA) is 60.7 Å². The molecule has 3 heteroatoms. The van der Waals surface area contributed by atoms with Gasteiger partial charge >= 0.3 is 0 Å². The van der Waals surface area contributed by atoms with E-state index in [-0.39, 0.29) is 17.2 Å². The fraction of sp³-hybridized carbons (Fsp3) is 0.333. The molecule has 3 nitrogen and oxygen atoms in total. The SMILES string of the molecule is CCc1cc(CC)c(-c2cc(O)c(O)cc2O)cc1CC. The predicted octanol–water partition coefficient (Wildman–Crippen LogP) is 4.16. The van der Waals surface area contributed by atoms with Crippen LogP contribution in [0.4, 0.5) is 0 Å². The summed E-state index contributed by atoms with van der Waals surface area (Å²) >= 11 is 0. The molecule has 2 aromatic carbocycles. The lowest BCUT2D eigenvalue weighted by atomic mass is 9.90. The van der Waals surface area contributed by atoms with Crippen LogP contribution in [0.25, 0.3) is 11.1 Å². The van der Waals surface area contributed by atoms with Crippen molar-refractivity contribution in [1.29, 1.82) is 0 Å². The van der Waals surface area contributed by atoms with E-state index in [2.05, 4.69) is 32.9 Å². The highest BCUT2D eigenvalue weighted by molar-refractivity contribution is 5.77. The van der Waals surface area contributed by atoms with E-state index in [0.717, 1.165) is 30.4 Å². The molecule has 0 aliphatic heterocycles. The Morgan fingerprint density at radius 3 is 1.67 bits per heavy atom. The highest BCUT2D eigenvalue weighted by Crippen LogP contribution is 2.40. The molecule has 2 rings (SSSR count). The first kappa shape index (κ1) is 15.2. The van der Waals surface area contributed by atoms with Gasteiger partial charge in [-0.2, -0.15) is 0 Å². The number of phenols is 3. The van der Waals surface area contributed by atoms with Crippen molar-refractivity contribution in [1.82, 2.24) is 0 Å². The predicted molar refractivity (Wildman–Crippen MR) is 85.0 cm³/mol. The zero-order chi connectivity index (χ0) is 15.6. The zero-order valence-corrected chi connectivity index (χ0v) is 12.8. The minimum absolute atomic E-state index is 0.0219. The Morgan fingerprint density at radius 1 is 0.571 bits per heavy atom. The lowest BCUT2D eigenvalue weighted by Crippen LogP contribution is -1.97. The highest BCUT2D eigenvalue weighted by Gasteiger charge is 2.15. The molecule has 0 saturated heterocycles. The standard InChI is InChI=1S/C18H22O3/c1-4-11-7-13(6-3)14(8-12(11)5-2)15-9-17(20)18(21)10-16(15)19/h7-10,19-21H,4-6H2,1-3H3. The third-order valence-electron chi connectivity index (χ3n) is 3.95. The van der Waals surface area contributed by atoms with Gasteiger partial charge in [0.1, 0.15) is 5.75 Å². The van der Waals surface area contributed by atoms with Gasteiger partial charge < -0.3 is 15.3 Å². The van der Waals surface area contributed by atoms with Crippen molar-refractivity contribution >= 4 is 0 Å². The lowest BCUT2D eigenvalue weighted by Gasteiger charge is -2.16. The first-order chi connectivity index (χ1) is 10.0. The monoisotopic (exact) mass is 286 g/mol. The molecular weight excluding hydrogens is 264 g/mol. The van der Waals surface area contributed by atoms with Crippen molar-refractivity contribution in [3.63, 3.8) is 0 Å². The van der Waals surface area contributed by atoms with Crippen LogP contribution in [0.15, 0.2) is 24.3 Å². The van der Waals surface area contributed by atoms with E-state index in [1.807, 2.05) is 0 Å². The van der Waals surface area contributed by atoms with Gasteiger partial charge in [0.05, 0.1) is 0 Å². The van der Waals surface area contributed by atoms with Crippen LogP contribution in [0.3, 0.4) is 0 Å². The second-order valence-electron chi connectivity index (χ2n) is 5.20. The van der Waals surface area contributed by atoms with Crippen molar-refractivity contribution in [3.8, 4) is 28.4 Å². The fourth-order valence-corrected chi connectivity index (χ4v) is 2.72. The molecule has 0 radical (unpaired) electrons. The van der Waals surface area contributed by atoms with Gasteiger partial charge in [-0.15, -0.1) is 0 Å². The third kappa shape index (κ3) is 2.82. The molecule has 112 valence electrons. The number of hydrogen-bond donors (Lipinski definition) is 3. The summed E-state index contributed by atoms with van der Waals surface area (Å²) in [5.41, 5.74) is 5.17. The Balaban J connectivity index is 2.70. The van der Waals surface area contributed by atoms with Crippen molar-refractivity contribution in [3.05, 3.63) is 41.0 Å². The summed E-state index contributed by atoms with van der Waals surface area (Å²) in [6.07, 6.45) is 2.74. The molecule has 0 heterocycles. The van der Waals surface area contributed by atoms with Crippen molar-refractivity contribution in [2.45, 2.75) is 40.0 Å². The van der Waals surface area contributed by atoms with Crippen LogP contribution in [-0.4, -0.2) is 15.3 Å². The average Bonchev–Trinajstić information content (AvgIpc) is 2.49. The molecule has 0 amide bonds. The molecular formula is C18H22O3. The van der Waals surface area contributed by atoms with E-state index in [4.69, 9.17) is 0 Å². The molecule has 0 bridgehead atoms. The maximum atomic E-state index is 10.1. The summed E-state index contributed by atoms with van der Waals surface area (Å²) in [6.45, 7) is 6.32. The van der Waals surface area contributed by atoms with E-state index in [0.29, 0.717) is 5.56 Å². The minimum Gasteiger partial charge on any atom is -0.507 e. The zero-order valence-electron chi connectivity index (χ0n) is 12.8. The Labute approximate surface area is 125 Å². The largest absolute Gasteiger partial charge is 0.507 e. The van der Waals surface area contributed by atoms with E-state index in [9.17, 15) is 15.3 Å². The van der Waals surface area contributed by atoms with Gasteiger partial charge in [-0.05, 0) is 47.6 Å². The number of rotatable bonds is 4. The summed E-state index contributed by atoms with van der Waals surface area (Å²) in [5.74, 6) is -0.552. The van der Waals surface area contributed by atoms with Gasteiger partial charge in [0.25, 0.3) is 0 Å². The quantitative estimate of drug-likeness (QED) is 0.584. The number of phenolic OH excluding ortho intramolecular Hbond substituents is 3. The van der Waals surface area contributed by atoms with Crippen LogP contribution in [0, 0.1) is 0 Å². The van der Waals surface area contributed by atoms with Gasteiger partial charge in [0.15, 0.2) is 11.5 Å². The molecule has 0 atom stereocenters.